The minimum Gasteiger partial charge on any atom is -0.459 e. The van der Waals surface area contributed by atoms with Crippen LogP contribution in [0, 0.1) is 0 Å². The first kappa shape index (κ1) is 18.9. The second-order valence-corrected chi connectivity index (χ2v) is 6.46. The Labute approximate surface area is 158 Å². The minimum atomic E-state index is -0.179. The van der Waals surface area contributed by atoms with Crippen molar-refractivity contribution in [3.63, 3.8) is 0 Å². The lowest BCUT2D eigenvalue weighted by molar-refractivity contribution is 0.0714. The molecule has 0 bridgehead atoms. The van der Waals surface area contributed by atoms with Crippen molar-refractivity contribution in [2.24, 2.45) is 0 Å². The molecule has 3 rings (SSSR count). The van der Waals surface area contributed by atoms with Gasteiger partial charge in [-0.1, -0.05) is 19.8 Å². The van der Waals surface area contributed by atoms with E-state index in [4.69, 9.17) is 4.42 Å². The Morgan fingerprint density at radius 3 is 2.70 bits per heavy atom. The maximum atomic E-state index is 12.3. The Hall–Kier alpha value is -2.90. The van der Waals surface area contributed by atoms with Crippen molar-refractivity contribution in [3.05, 3.63) is 42.1 Å². The van der Waals surface area contributed by atoms with Crippen molar-refractivity contribution in [3.8, 4) is 0 Å². The molecule has 8 heteroatoms. The van der Waals surface area contributed by atoms with E-state index < -0.39 is 0 Å². The Morgan fingerprint density at radius 1 is 1.19 bits per heavy atom. The van der Waals surface area contributed by atoms with Crippen molar-refractivity contribution in [2.45, 2.75) is 26.2 Å². The van der Waals surface area contributed by atoms with E-state index in [1.165, 1.54) is 6.26 Å². The zero-order chi connectivity index (χ0) is 19.1. The van der Waals surface area contributed by atoms with Crippen LogP contribution in [0.15, 0.2) is 35.1 Å². The van der Waals surface area contributed by atoms with Crippen LogP contribution in [0.2, 0.25) is 0 Å². The van der Waals surface area contributed by atoms with Crippen LogP contribution < -0.4 is 10.2 Å². The molecule has 0 aromatic carbocycles. The van der Waals surface area contributed by atoms with E-state index in [2.05, 4.69) is 22.2 Å². The smallest absolute Gasteiger partial charge is 0.289 e. The van der Waals surface area contributed by atoms with E-state index in [0.717, 1.165) is 19.3 Å². The summed E-state index contributed by atoms with van der Waals surface area (Å²) in [7, 11) is 0. The lowest BCUT2D eigenvalue weighted by Gasteiger charge is -2.34. The number of piperazine rings is 1. The van der Waals surface area contributed by atoms with Crippen LogP contribution >= 0.6 is 0 Å². The van der Waals surface area contributed by atoms with Gasteiger partial charge < -0.3 is 19.5 Å². The van der Waals surface area contributed by atoms with Gasteiger partial charge in [-0.05, 0) is 24.6 Å². The molecule has 3 heterocycles. The summed E-state index contributed by atoms with van der Waals surface area (Å²) in [6.45, 7) is 5.09. The van der Waals surface area contributed by atoms with Crippen molar-refractivity contribution in [1.82, 2.24) is 20.2 Å². The first-order valence-electron chi connectivity index (χ1n) is 9.38. The van der Waals surface area contributed by atoms with Gasteiger partial charge >= 0.3 is 0 Å². The molecule has 144 valence electrons. The van der Waals surface area contributed by atoms with Crippen molar-refractivity contribution >= 4 is 17.8 Å². The molecule has 2 amide bonds. The van der Waals surface area contributed by atoms with Gasteiger partial charge in [-0.25, -0.2) is 9.97 Å². The number of amides is 2. The van der Waals surface area contributed by atoms with Gasteiger partial charge in [0.05, 0.1) is 6.26 Å². The maximum absolute atomic E-state index is 12.3. The minimum absolute atomic E-state index is 0.110. The third-order valence-electron chi connectivity index (χ3n) is 4.52. The van der Waals surface area contributed by atoms with Crippen molar-refractivity contribution in [1.29, 1.82) is 0 Å². The number of rotatable bonds is 7. The van der Waals surface area contributed by atoms with Gasteiger partial charge in [0.15, 0.2) is 5.76 Å². The normalized spacial score (nSPS) is 14.3. The summed E-state index contributed by atoms with van der Waals surface area (Å²) in [5, 5.41) is 2.89. The molecule has 0 radical (unpaired) electrons. The first-order chi connectivity index (χ1) is 13.2. The van der Waals surface area contributed by atoms with Crippen molar-refractivity contribution in [2.75, 3.05) is 37.6 Å². The Kier molecular flexibility index (Phi) is 6.40. The Morgan fingerprint density at radius 2 is 2.00 bits per heavy atom. The van der Waals surface area contributed by atoms with Crippen LogP contribution in [0.1, 0.15) is 47.2 Å². The molecule has 2 aromatic rings. The molecule has 1 aliphatic rings. The lowest BCUT2D eigenvalue weighted by atomic mass is 10.2. The van der Waals surface area contributed by atoms with Crippen molar-refractivity contribution < 1.29 is 14.0 Å². The Balaban J connectivity index is 1.55. The predicted molar refractivity (Wildman–Crippen MR) is 101 cm³/mol. The predicted octanol–water partition coefficient (Wildman–Crippen LogP) is 1.95. The molecule has 1 saturated heterocycles. The highest BCUT2D eigenvalue weighted by Crippen LogP contribution is 2.14. The molecular weight excluding hydrogens is 346 g/mol. The summed E-state index contributed by atoms with van der Waals surface area (Å²) in [5.41, 5.74) is 0.366. The molecule has 0 spiro atoms. The molecule has 2 aromatic heterocycles. The molecule has 1 aliphatic heterocycles. The standard InChI is InChI=1S/C19H25N5O3/c1-2-3-4-8-20-17(25)15-7-9-21-19(22-15)24-12-10-23(11-13-24)18(26)16-6-5-14-27-16/h5-7,9,14H,2-4,8,10-13H2,1H3,(H,20,25). The quantitative estimate of drug-likeness (QED) is 0.748. The number of anilines is 1. The number of hydrogen-bond donors (Lipinski definition) is 1. The number of aromatic nitrogens is 2. The molecule has 27 heavy (non-hydrogen) atoms. The molecule has 1 N–H and O–H groups in total. The van der Waals surface area contributed by atoms with E-state index in [1.54, 1.807) is 29.3 Å². The average molecular weight is 371 g/mol. The summed E-state index contributed by atoms with van der Waals surface area (Å²) in [5.74, 6) is 0.574. The van der Waals surface area contributed by atoms with E-state index in [0.29, 0.717) is 50.1 Å². The fourth-order valence-corrected chi connectivity index (χ4v) is 2.96. The van der Waals surface area contributed by atoms with E-state index in [1.807, 2.05) is 4.90 Å². The van der Waals surface area contributed by atoms with Crippen LogP contribution in [-0.4, -0.2) is 59.4 Å². The van der Waals surface area contributed by atoms with Crippen LogP contribution in [0.4, 0.5) is 5.95 Å². The molecule has 0 unspecified atom stereocenters. The molecule has 1 fully saturated rings. The highest BCUT2D eigenvalue weighted by Gasteiger charge is 2.25. The van der Waals surface area contributed by atoms with Gasteiger partial charge in [-0.15, -0.1) is 0 Å². The summed E-state index contributed by atoms with van der Waals surface area (Å²) in [4.78, 5) is 37.0. The second-order valence-electron chi connectivity index (χ2n) is 6.46. The van der Waals surface area contributed by atoms with Gasteiger partial charge in [-0.2, -0.15) is 0 Å². The SMILES string of the molecule is CCCCCNC(=O)c1ccnc(N2CCN(C(=O)c3ccco3)CC2)n1. The van der Waals surface area contributed by atoms with Gasteiger partial charge in [0.25, 0.3) is 11.8 Å². The maximum Gasteiger partial charge on any atom is 0.289 e. The Bertz CT molecular complexity index is 754. The van der Waals surface area contributed by atoms with Gasteiger partial charge in [0.1, 0.15) is 5.69 Å². The third kappa shape index (κ3) is 4.84. The van der Waals surface area contributed by atoms with Crippen LogP contribution in [0.5, 0.6) is 0 Å². The van der Waals surface area contributed by atoms with Gasteiger partial charge in [0.2, 0.25) is 5.95 Å². The fraction of sp³-hybridized carbons (Fsp3) is 0.474. The summed E-state index contributed by atoms with van der Waals surface area (Å²) < 4.78 is 5.18. The molecule has 0 saturated carbocycles. The monoisotopic (exact) mass is 371 g/mol. The topological polar surface area (TPSA) is 91.6 Å². The summed E-state index contributed by atoms with van der Waals surface area (Å²) in [6, 6.07) is 4.99. The first-order valence-corrected chi connectivity index (χ1v) is 9.38. The number of hydrogen-bond acceptors (Lipinski definition) is 6. The fourth-order valence-electron chi connectivity index (χ4n) is 2.96. The molecule has 0 aliphatic carbocycles. The largest absolute Gasteiger partial charge is 0.459 e. The average Bonchev–Trinajstić information content (AvgIpc) is 3.25. The van der Waals surface area contributed by atoms with E-state index >= 15 is 0 Å². The molecule has 0 atom stereocenters. The zero-order valence-corrected chi connectivity index (χ0v) is 15.6. The highest BCUT2D eigenvalue weighted by atomic mass is 16.3. The number of unbranched alkanes of at least 4 members (excludes halogenated alkanes) is 2. The number of carbonyl (C=O) groups is 2. The van der Waals surface area contributed by atoms with Crippen LogP contribution in [-0.2, 0) is 0 Å². The van der Waals surface area contributed by atoms with Crippen LogP contribution in [0.25, 0.3) is 0 Å². The molecular formula is C19H25N5O3. The molecule has 8 nitrogen and oxygen atoms in total. The van der Waals surface area contributed by atoms with Crippen LogP contribution in [0.3, 0.4) is 0 Å². The second kappa shape index (κ2) is 9.16. The summed E-state index contributed by atoms with van der Waals surface area (Å²) >= 11 is 0. The van der Waals surface area contributed by atoms with Gasteiger partial charge in [0, 0.05) is 38.9 Å². The van der Waals surface area contributed by atoms with Gasteiger partial charge in [-0.3, -0.25) is 9.59 Å². The van der Waals surface area contributed by atoms with E-state index in [9.17, 15) is 9.59 Å². The number of nitrogens with zero attached hydrogens (tertiary/aromatic N) is 4. The zero-order valence-electron chi connectivity index (χ0n) is 15.6. The highest BCUT2D eigenvalue weighted by molar-refractivity contribution is 5.92. The number of nitrogens with one attached hydrogen (secondary N) is 1. The third-order valence-corrected chi connectivity index (χ3v) is 4.52. The van der Waals surface area contributed by atoms with E-state index in [-0.39, 0.29) is 11.8 Å². The lowest BCUT2D eigenvalue weighted by Crippen LogP contribution is -2.49. The number of furan rings is 1. The summed E-state index contributed by atoms with van der Waals surface area (Å²) in [6.07, 6.45) is 6.27. The number of carbonyl (C=O) groups excluding carboxylic acids is 2.